The summed E-state index contributed by atoms with van der Waals surface area (Å²) in [6.07, 6.45) is 5.18. The van der Waals surface area contributed by atoms with Crippen LogP contribution in [-0.2, 0) is 9.53 Å². The lowest BCUT2D eigenvalue weighted by Crippen LogP contribution is -2.46. The lowest BCUT2D eigenvalue weighted by Gasteiger charge is -2.31. The number of nitrogens with zero attached hydrogens (tertiary/aromatic N) is 1. The Bertz CT molecular complexity index is 478. The summed E-state index contributed by atoms with van der Waals surface area (Å²) in [5, 5.41) is 3.03. The van der Waals surface area contributed by atoms with E-state index in [0.29, 0.717) is 38.1 Å². The normalized spacial score (nSPS) is 17.3. The Morgan fingerprint density at radius 3 is 2.73 bits per heavy atom. The quantitative estimate of drug-likeness (QED) is 0.868. The van der Waals surface area contributed by atoms with E-state index < -0.39 is 0 Å². The molecule has 0 aliphatic carbocycles. The van der Waals surface area contributed by atoms with Gasteiger partial charge in [0.15, 0.2) is 0 Å². The fourth-order valence-corrected chi connectivity index (χ4v) is 2.70. The highest BCUT2D eigenvalue weighted by molar-refractivity contribution is 5.94. The van der Waals surface area contributed by atoms with Gasteiger partial charge in [-0.05, 0) is 25.3 Å². The van der Waals surface area contributed by atoms with Crippen molar-refractivity contribution in [3.63, 3.8) is 0 Å². The smallest absolute Gasteiger partial charge is 0.257 e. The molecule has 1 fully saturated rings. The molecule has 6 heteroatoms. The predicted molar refractivity (Wildman–Crippen MR) is 81.4 cm³/mol. The third kappa shape index (κ3) is 4.10. The molecule has 1 aliphatic rings. The Labute approximate surface area is 130 Å². The second-order valence-electron chi connectivity index (χ2n) is 5.65. The number of furan rings is 1. The third-order valence-corrected chi connectivity index (χ3v) is 4.13. The van der Waals surface area contributed by atoms with E-state index in [1.165, 1.54) is 12.5 Å². The number of carbonyl (C=O) groups excluding carboxylic acids is 2. The Hall–Kier alpha value is -1.82. The van der Waals surface area contributed by atoms with Crippen molar-refractivity contribution in [3.8, 4) is 0 Å². The maximum absolute atomic E-state index is 12.3. The van der Waals surface area contributed by atoms with Gasteiger partial charge in [-0.15, -0.1) is 0 Å². The first-order valence-electron chi connectivity index (χ1n) is 7.76. The van der Waals surface area contributed by atoms with Crippen LogP contribution in [0.1, 0.15) is 36.5 Å². The molecular weight excluding hydrogens is 284 g/mol. The monoisotopic (exact) mass is 308 g/mol. The van der Waals surface area contributed by atoms with Gasteiger partial charge in [0.05, 0.1) is 24.5 Å². The largest absolute Gasteiger partial charge is 0.472 e. The maximum atomic E-state index is 12.3. The molecule has 2 heterocycles. The fourth-order valence-electron chi connectivity index (χ4n) is 2.70. The second kappa shape index (κ2) is 7.98. The van der Waals surface area contributed by atoms with Crippen molar-refractivity contribution >= 4 is 11.8 Å². The van der Waals surface area contributed by atoms with E-state index in [0.717, 1.165) is 6.42 Å². The van der Waals surface area contributed by atoms with E-state index in [1.54, 1.807) is 18.1 Å². The molecule has 2 rings (SSSR count). The zero-order valence-corrected chi connectivity index (χ0v) is 13.2. The number of ether oxygens (including phenoxy) is 1. The predicted octanol–water partition coefficient (Wildman–Crippen LogP) is 1.67. The number of methoxy groups -OCH3 is 1. The highest BCUT2D eigenvalue weighted by Crippen LogP contribution is 2.19. The first-order chi connectivity index (χ1) is 10.7. The molecule has 0 saturated carbocycles. The SMILES string of the molecule is CCC(COC)NC(=O)C1CCN(C(=O)c2ccoc2)CC1. The zero-order chi connectivity index (χ0) is 15.9. The van der Waals surface area contributed by atoms with Crippen LogP contribution >= 0.6 is 0 Å². The van der Waals surface area contributed by atoms with Gasteiger partial charge in [0.25, 0.3) is 5.91 Å². The van der Waals surface area contributed by atoms with Gasteiger partial charge < -0.3 is 19.4 Å². The average Bonchev–Trinajstić information content (AvgIpc) is 3.08. The number of rotatable bonds is 6. The van der Waals surface area contributed by atoms with Crippen LogP contribution in [0.25, 0.3) is 0 Å². The number of amides is 2. The highest BCUT2D eigenvalue weighted by Gasteiger charge is 2.28. The summed E-state index contributed by atoms with van der Waals surface area (Å²) in [6, 6.07) is 1.72. The van der Waals surface area contributed by atoms with Crippen molar-refractivity contribution in [2.24, 2.45) is 5.92 Å². The number of piperidine rings is 1. The molecule has 0 spiro atoms. The van der Waals surface area contributed by atoms with Crippen molar-refractivity contribution in [3.05, 3.63) is 24.2 Å². The third-order valence-electron chi connectivity index (χ3n) is 4.13. The topological polar surface area (TPSA) is 71.8 Å². The number of hydrogen-bond donors (Lipinski definition) is 1. The summed E-state index contributed by atoms with van der Waals surface area (Å²) in [6.45, 7) is 3.75. The van der Waals surface area contributed by atoms with Crippen LogP contribution in [0, 0.1) is 5.92 Å². The summed E-state index contributed by atoms with van der Waals surface area (Å²) in [5.41, 5.74) is 0.564. The summed E-state index contributed by atoms with van der Waals surface area (Å²) < 4.78 is 10.0. The van der Waals surface area contributed by atoms with E-state index in [1.807, 2.05) is 6.92 Å². The van der Waals surface area contributed by atoms with Crippen molar-refractivity contribution in [2.45, 2.75) is 32.2 Å². The minimum atomic E-state index is -0.0292. The molecule has 122 valence electrons. The lowest BCUT2D eigenvalue weighted by atomic mass is 9.95. The van der Waals surface area contributed by atoms with E-state index >= 15 is 0 Å². The van der Waals surface area contributed by atoms with Crippen molar-refractivity contribution in [1.29, 1.82) is 0 Å². The fraction of sp³-hybridized carbons (Fsp3) is 0.625. The molecule has 6 nitrogen and oxygen atoms in total. The molecule has 1 unspecified atom stereocenters. The number of nitrogens with one attached hydrogen (secondary N) is 1. The first-order valence-corrected chi connectivity index (χ1v) is 7.76. The summed E-state index contributed by atoms with van der Waals surface area (Å²) in [5.74, 6) is 0.0111. The van der Waals surface area contributed by atoms with Crippen LogP contribution in [0.3, 0.4) is 0 Å². The minimum Gasteiger partial charge on any atom is -0.472 e. The summed E-state index contributed by atoms with van der Waals surface area (Å²) >= 11 is 0. The number of hydrogen-bond acceptors (Lipinski definition) is 4. The van der Waals surface area contributed by atoms with Crippen LogP contribution in [0.15, 0.2) is 23.0 Å². The Morgan fingerprint density at radius 2 is 2.18 bits per heavy atom. The van der Waals surface area contributed by atoms with Gasteiger partial charge in [0, 0.05) is 26.1 Å². The van der Waals surface area contributed by atoms with E-state index in [4.69, 9.17) is 9.15 Å². The lowest BCUT2D eigenvalue weighted by molar-refractivity contribution is -0.127. The molecule has 1 atom stereocenters. The van der Waals surface area contributed by atoms with Gasteiger partial charge in [-0.3, -0.25) is 9.59 Å². The van der Waals surface area contributed by atoms with Gasteiger partial charge in [0.1, 0.15) is 6.26 Å². The van der Waals surface area contributed by atoms with Crippen LogP contribution < -0.4 is 5.32 Å². The second-order valence-corrected chi connectivity index (χ2v) is 5.65. The summed E-state index contributed by atoms with van der Waals surface area (Å²) in [7, 11) is 1.63. The van der Waals surface area contributed by atoms with Gasteiger partial charge in [-0.2, -0.15) is 0 Å². The minimum absolute atomic E-state index is 0.0284. The maximum Gasteiger partial charge on any atom is 0.257 e. The average molecular weight is 308 g/mol. The number of carbonyl (C=O) groups is 2. The van der Waals surface area contributed by atoms with Crippen LogP contribution in [-0.4, -0.2) is 49.6 Å². The van der Waals surface area contributed by atoms with Crippen LogP contribution in [0.2, 0.25) is 0 Å². The number of likely N-dealkylation sites (tertiary alicyclic amines) is 1. The summed E-state index contributed by atoms with van der Waals surface area (Å²) in [4.78, 5) is 26.2. The van der Waals surface area contributed by atoms with Gasteiger partial charge in [-0.1, -0.05) is 6.92 Å². The van der Waals surface area contributed by atoms with Crippen LogP contribution in [0.5, 0.6) is 0 Å². The molecule has 1 N–H and O–H groups in total. The van der Waals surface area contributed by atoms with Crippen molar-refractivity contribution in [2.75, 3.05) is 26.8 Å². The molecule has 1 aromatic rings. The van der Waals surface area contributed by atoms with E-state index in [9.17, 15) is 9.59 Å². The van der Waals surface area contributed by atoms with Crippen LogP contribution in [0.4, 0.5) is 0 Å². The molecule has 0 radical (unpaired) electrons. The molecule has 0 aromatic carbocycles. The standard InChI is InChI=1S/C16H24N2O4/c1-3-14(11-21-2)17-15(19)12-4-7-18(8-5-12)16(20)13-6-9-22-10-13/h6,9-10,12,14H,3-5,7-8,11H2,1-2H3,(H,17,19). The molecule has 2 amide bonds. The van der Waals surface area contributed by atoms with Gasteiger partial charge in [0.2, 0.25) is 5.91 Å². The van der Waals surface area contributed by atoms with Crippen molar-refractivity contribution < 1.29 is 18.7 Å². The molecular formula is C16H24N2O4. The molecule has 1 aliphatic heterocycles. The molecule has 22 heavy (non-hydrogen) atoms. The first kappa shape index (κ1) is 16.5. The molecule has 0 bridgehead atoms. The van der Waals surface area contributed by atoms with Gasteiger partial charge in [-0.25, -0.2) is 0 Å². The Morgan fingerprint density at radius 1 is 1.45 bits per heavy atom. The zero-order valence-electron chi connectivity index (χ0n) is 13.2. The Kier molecular flexibility index (Phi) is 6.00. The molecule has 1 aromatic heterocycles. The van der Waals surface area contributed by atoms with E-state index in [2.05, 4.69) is 5.32 Å². The Balaban J connectivity index is 1.81. The highest BCUT2D eigenvalue weighted by atomic mass is 16.5. The van der Waals surface area contributed by atoms with E-state index in [-0.39, 0.29) is 23.8 Å². The van der Waals surface area contributed by atoms with Crippen molar-refractivity contribution in [1.82, 2.24) is 10.2 Å². The van der Waals surface area contributed by atoms with Gasteiger partial charge >= 0.3 is 0 Å². The molecule has 1 saturated heterocycles.